The van der Waals surface area contributed by atoms with E-state index in [1.54, 1.807) is 35.7 Å². The van der Waals surface area contributed by atoms with E-state index in [1.807, 2.05) is 48.5 Å². The molecule has 0 spiro atoms. The lowest BCUT2D eigenvalue weighted by molar-refractivity contribution is 0.215. The number of nitrogens with zero attached hydrogens (tertiary/aromatic N) is 4. The Labute approximate surface area is 177 Å². The summed E-state index contributed by atoms with van der Waals surface area (Å²) in [5.41, 5.74) is 4.20. The molecule has 1 amide bonds. The SMILES string of the molecule is O=C(Nc1c[nH]c2ncc(-c3cccnc3)cc12)Oc1cnn(Cc2ccccc2)c1. The van der Waals surface area contributed by atoms with Crippen LogP contribution in [0.25, 0.3) is 22.2 Å². The van der Waals surface area contributed by atoms with Crippen LogP contribution in [0.4, 0.5) is 10.5 Å². The number of rotatable bonds is 5. The first-order valence-corrected chi connectivity index (χ1v) is 9.67. The predicted octanol–water partition coefficient (Wildman–Crippen LogP) is 4.48. The van der Waals surface area contributed by atoms with Gasteiger partial charge in [-0.1, -0.05) is 36.4 Å². The summed E-state index contributed by atoms with van der Waals surface area (Å²) in [5, 5.41) is 7.79. The Morgan fingerprint density at radius 1 is 1.06 bits per heavy atom. The van der Waals surface area contributed by atoms with E-state index in [4.69, 9.17) is 4.74 Å². The Balaban J connectivity index is 1.29. The van der Waals surface area contributed by atoms with Gasteiger partial charge in [0.25, 0.3) is 0 Å². The van der Waals surface area contributed by atoms with Crippen molar-refractivity contribution in [1.29, 1.82) is 0 Å². The fraction of sp³-hybridized carbons (Fsp3) is 0.0435. The van der Waals surface area contributed by atoms with E-state index in [0.29, 0.717) is 23.6 Å². The molecule has 31 heavy (non-hydrogen) atoms. The lowest BCUT2D eigenvalue weighted by Gasteiger charge is -2.05. The third-order valence-electron chi connectivity index (χ3n) is 4.77. The van der Waals surface area contributed by atoms with Crippen LogP contribution in [0.1, 0.15) is 5.56 Å². The number of benzene rings is 1. The summed E-state index contributed by atoms with van der Waals surface area (Å²) in [6.07, 6.45) is 9.53. The number of anilines is 1. The number of carbonyl (C=O) groups excluding carboxylic acids is 1. The molecular formula is C23H18N6O2. The Morgan fingerprint density at radius 3 is 2.81 bits per heavy atom. The van der Waals surface area contributed by atoms with Crippen LogP contribution in [-0.2, 0) is 6.54 Å². The number of ether oxygens (including phenoxy) is 1. The van der Waals surface area contributed by atoms with Crippen molar-refractivity contribution in [2.24, 2.45) is 0 Å². The molecular weight excluding hydrogens is 392 g/mol. The topological polar surface area (TPSA) is 97.7 Å². The van der Waals surface area contributed by atoms with Crippen molar-refractivity contribution >= 4 is 22.8 Å². The van der Waals surface area contributed by atoms with Gasteiger partial charge in [0.05, 0.1) is 24.6 Å². The Bertz CT molecular complexity index is 1330. The molecule has 0 bridgehead atoms. The zero-order valence-electron chi connectivity index (χ0n) is 16.4. The first-order valence-electron chi connectivity index (χ1n) is 9.67. The monoisotopic (exact) mass is 410 g/mol. The summed E-state index contributed by atoms with van der Waals surface area (Å²) in [6.45, 7) is 0.594. The smallest absolute Gasteiger partial charge is 0.407 e. The molecule has 0 unspecified atom stereocenters. The second-order valence-corrected chi connectivity index (χ2v) is 6.94. The molecule has 4 aromatic heterocycles. The van der Waals surface area contributed by atoms with Gasteiger partial charge in [-0.15, -0.1) is 0 Å². The first kappa shape index (κ1) is 18.6. The second kappa shape index (κ2) is 8.11. The lowest BCUT2D eigenvalue weighted by Crippen LogP contribution is -2.16. The summed E-state index contributed by atoms with van der Waals surface area (Å²) in [7, 11) is 0. The summed E-state index contributed by atoms with van der Waals surface area (Å²) < 4.78 is 7.11. The number of fused-ring (bicyclic) bond motifs is 1. The maximum absolute atomic E-state index is 12.4. The maximum atomic E-state index is 12.4. The van der Waals surface area contributed by atoms with Gasteiger partial charge in [-0.3, -0.25) is 15.0 Å². The van der Waals surface area contributed by atoms with Crippen molar-refractivity contribution in [3.8, 4) is 16.9 Å². The molecule has 8 nitrogen and oxygen atoms in total. The third-order valence-corrected chi connectivity index (χ3v) is 4.77. The number of amides is 1. The average Bonchev–Trinajstić information content (AvgIpc) is 3.41. The van der Waals surface area contributed by atoms with Gasteiger partial charge in [0.1, 0.15) is 5.65 Å². The molecule has 0 aliphatic heterocycles. The van der Waals surface area contributed by atoms with Crippen molar-refractivity contribution in [2.45, 2.75) is 6.54 Å². The molecule has 0 radical (unpaired) electrons. The lowest BCUT2D eigenvalue weighted by atomic mass is 10.1. The van der Waals surface area contributed by atoms with Crippen molar-refractivity contribution in [3.63, 3.8) is 0 Å². The van der Waals surface area contributed by atoms with E-state index < -0.39 is 6.09 Å². The van der Waals surface area contributed by atoms with Gasteiger partial charge >= 0.3 is 6.09 Å². The highest BCUT2D eigenvalue weighted by atomic mass is 16.6. The minimum Gasteiger partial charge on any atom is -0.407 e. The van der Waals surface area contributed by atoms with Crippen LogP contribution in [-0.4, -0.2) is 30.8 Å². The molecule has 0 saturated heterocycles. The number of aromatic nitrogens is 5. The molecule has 152 valence electrons. The number of pyridine rings is 2. The Morgan fingerprint density at radius 2 is 1.97 bits per heavy atom. The quantitative estimate of drug-likeness (QED) is 0.445. The van der Waals surface area contributed by atoms with Crippen LogP contribution in [0.2, 0.25) is 0 Å². The van der Waals surface area contributed by atoms with Gasteiger partial charge in [0.15, 0.2) is 5.75 Å². The molecule has 0 saturated carbocycles. The van der Waals surface area contributed by atoms with Gasteiger partial charge in [-0.05, 0) is 17.7 Å². The van der Waals surface area contributed by atoms with E-state index in [0.717, 1.165) is 22.1 Å². The average molecular weight is 410 g/mol. The minimum absolute atomic E-state index is 0.363. The van der Waals surface area contributed by atoms with Crippen molar-refractivity contribution in [3.05, 3.63) is 91.3 Å². The fourth-order valence-electron chi connectivity index (χ4n) is 3.29. The molecule has 5 rings (SSSR count). The van der Waals surface area contributed by atoms with E-state index >= 15 is 0 Å². The van der Waals surface area contributed by atoms with Crippen LogP contribution in [0.5, 0.6) is 5.75 Å². The van der Waals surface area contributed by atoms with Gasteiger partial charge < -0.3 is 9.72 Å². The molecule has 4 heterocycles. The van der Waals surface area contributed by atoms with E-state index in [-0.39, 0.29) is 0 Å². The van der Waals surface area contributed by atoms with Crippen LogP contribution in [0.3, 0.4) is 0 Å². The third kappa shape index (κ3) is 4.13. The van der Waals surface area contributed by atoms with Gasteiger partial charge in [-0.25, -0.2) is 9.78 Å². The summed E-state index contributed by atoms with van der Waals surface area (Å²) in [5.74, 6) is 0.363. The van der Waals surface area contributed by atoms with Gasteiger partial charge in [-0.2, -0.15) is 5.10 Å². The molecule has 0 atom stereocenters. The van der Waals surface area contributed by atoms with Crippen molar-refractivity contribution < 1.29 is 9.53 Å². The minimum atomic E-state index is -0.605. The van der Waals surface area contributed by atoms with Crippen molar-refractivity contribution in [2.75, 3.05) is 5.32 Å². The Hall–Kier alpha value is -4.46. The normalized spacial score (nSPS) is 10.8. The number of carbonyl (C=O) groups is 1. The molecule has 5 aromatic rings. The molecule has 1 aromatic carbocycles. The van der Waals surface area contributed by atoms with E-state index in [2.05, 4.69) is 25.4 Å². The number of H-pyrrole nitrogens is 1. The van der Waals surface area contributed by atoms with E-state index in [1.165, 1.54) is 6.20 Å². The first-order chi connectivity index (χ1) is 15.2. The standard InChI is InChI=1S/C23H18N6O2/c30-23(31-19-12-27-29(15-19)14-16-5-2-1-3-6-16)28-21-13-26-22-20(21)9-18(11-25-22)17-7-4-8-24-10-17/h1-13,15H,14H2,(H,25,26)(H,28,30). The van der Waals surface area contributed by atoms with Gasteiger partial charge in [0, 0.05) is 41.3 Å². The highest BCUT2D eigenvalue weighted by Crippen LogP contribution is 2.27. The molecule has 8 heteroatoms. The van der Waals surface area contributed by atoms with Crippen LogP contribution < -0.4 is 10.1 Å². The predicted molar refractivity (Wildman–Crippen MR) is 117 cm³/mol. The highest BCUT2D eigenvalue weighted by Gasteiger charge is 2.12. The molecule has 2 N–H and O–H groups in total. The van der Waals surface area contributed by atoms with Crippen LogP contribution in [0.15, 0.2) is 85.7 Å². The number of aromatic amines is 1. The molecule has 0 fully saturated rings. The molecule has 0 aliphatic rings. The maximum Gasteiger partial charge on any atom is 0.417 e. The number of hydrogen-bond donors (Lipinski definition) is 2. The number of nitrogens with one attached hydrogen (secondary N) is 2. The summed E-state index contributed by atoms with van der Waals surface area (Å²) >= 11 is 0. The second-order valence-electron chi connectivity index (χ2n) is 6.94. The van der Waals surface area contributed by atoms with Gasteiger partial charge in [0.2, 0.25) is 0 Å². The Kier molecular flexibility index (Phi) is 4.86. The van der Waals surface area contributed by atoms with Crippen LogP contribution >= 0.6 is 0 Å². The summed E-state index contributed by atoms with van der Waals surface area (Å²) in [4.78, 5) is 24.1. The highest BCUT2D eigenvalue weighted by molar-refractivity contribution is 5.99. The summed E-state index contributed by atoms with van der Waals surface area (Å²) in [6, 6.07) is 15.7. The van der Waals surface area contributed by atoms with E-state index in [9.17, 15) is 4.79 Å². The molecule has 0 aliphatic carbocycles. The fourth-order valence-corrected chi connectivity index (χ4v) is 3.29. The van der Waals surface area contributed by atoms with Crippen molar-refractivity contribution in [1.82, 2.24) is 24.7 Å². The zero-order valence-corrected chi connectivity index (χ0v) is 16.4. The number of hydrogen-bond acceptors (Lipinski definition) is 5. The largest absolute Gasteiger partial charge is 0.417 e. The zero-order chi connectivity index (χ0) is 21.0. The van der Waals surface area contributed by atoms with Crippen LogP contribution in [0, 0.1) is 0 Å².